The molecule has 1 aliphatic heterocycles. The summed E-state index contributed by atoms with van der Waals surface area (Å²) >= 11 is 0. The van der Waals surface area contributed by atoms with E-state index in [2.05, 4.69) is 59.2 Å². The fraction of sp³-hybridized carbons (Fsp3) is 0.192. The standard InChI is InChI=1S/C26H24N2O/c1-19-11-13-21(14-12-19)26(29)27-16-15-25-23(18-27)22-9-5-6-10-24(22)28(25)17-20-7-3-2-4-8-20/h2-14H,15-18H2,1H3. The van der Waals surface area contributed by atoms with Gasteiger partial charge in [0, 0.05) is 53.8 Å². The number of carbonyl (C=O) groups is 1. The van der Waals surface area contributed by atoms with Crippen LogP contribution in [-0.2, 0) is 19.5 Å². The van der Waals surface area contributed by atoms with Gasteiger partial charge in [-0.1, -0.05) is 66.2 Å². The Morgan fingerprint density at radius 1 is 0.897 bits per heavy atom. The third kappa shape index (κ3) is 3.23. The van der Waals surface area contributed by atoms with Crippen molar-refractivity contribution in [2.45, 2.75) is 26.4 Å². The molecule has 0 radical (unpaired) electrons. The lowest BCUT2D eigenvalue weighted by Crippen LogP contribution is -2.36. The van der Waals surface area contributed by atoms with Crippen LogP contribution in [0.25, 0.3) is 10.9 Å². The number of amides is 1. The molecule has 1 aliphatic rings. The Balaban J connectivity index is 1.52. The summed E-state index contributed by atoms with van der Waals surface area (Å²) in [7, 11) is 0. The molecule has 3 heteroatoms. The first-order valence-corrected chi connectivity index (χ1v) is 10.2. The van der Waals surface area contributed by atoms with E-state index in [4.69, 9.17) is 0 Å². The van der Waals surface area contributed by atoms with Gasteiger partial charge in [-0.15, -0.1) is 0 Å². The van der Waals surface area contributed by atoms with Crippen molar-refractivity contribution in [3.63, 3.8) is 0 Å². The van der Waals surface area contributed by atoms with Crippen molar-refractivity contribution in [1.29, 1.82) is 0 Å². The number of aryl methyl sites for hydroxylation is 1. The topological polar surface area (TPSA) is 25.2 Å². The zero-order chi connectivity index (χ0) is 19.8. The molecule has 0 bridgehead atoms. The highest BCUT2D eigenvalue weighted by atomic mass is 16.2. The van der Waals surface area contributed by atoms with Gasteiger partial charge in [-0.25, -0.2) is 0 Å². The number of rotatable bonds is 3. The van der Waals surface area contributed by atoms with E-state index in [1.54, 1.807) is 0 Å². The van der Waals surface area contributed by atoms with Gasteiger partial charge in [-0.3, -0.25) is 4.79 Å². The lowest BCUT2D eigenvalue weighted by Gasteiger charge is -2.28. The van der Waals surface area contributed by atoms with Gasteiger partial charge >= 0.3 is 0 Å². The van der Waals surface area contributed by atoms with Crippen LogP contribution in [-0.4, -0.2) is 21.9 Å². The van der Waals surface area contributed by atoms with E-state index in [1.165, 1.54) is 33.3 Å². The first kappa shape index (κ1) is 17.7. The van der Waals surface area contributed by atoms with Crippen LogP contribution in [0.15, 0.2) is 78.9 Å². The van der Waals surface area contributed by atoms with Gasteiger partial charge in [0.1, 0.15) is 0 Å². The highest BCUT2D eigenvalue weighted by Crippen LogP contribution is 2.32. The van der Waals surface area contributed by atoms with Gasteiger partial charge in [0.2, 0.25) is 0 Å². The Kier molecular flexibility index (Phi) is 4.44. The zero-order valence-electron chi connectivity index (χ0n) is 16.6. The van der Waals surface area contributed by atoms with Crippen LogP contribution in [0, 0.1) is 6.92 Å². The molecule has 5 rings (SSSR count). The largest absolute Gasteiger partial charge is 0.340 e. The van der Waals surface area contributed by atoms with Crippen LogP contribution in [0.4, 0.5) is 0 Å². The second-order valence-electron chi connectivity index (χ2n) is 7.86. The SMILES string of the molecule is Cc1ccc(C(=O)N2CCc3c(c4ccccc4n3Cc3ccccc3)C2)cc1. The third-order valence-corrected chi connectivity index (χ3v) is 5.93. The number of carbonyl (C=O) groups excluding carboxylic acids is 1. The highest BCUT2D eigenvalue weighted by Gasteiger charge is 2.27. The molecular formula is C26H24N2O. The van der Waals surface area contributed by atoms with Crippen molar-refractivity contribution >= 4 is 16.8 Å². The van der Waals surface area contributed by atoms with E-state index in [9.17, 15) is 4.79 Å². The Morgan fingerprint density at radius 3 is 2.41 bits per heavy atom. The highest BCUT2D eigenvalue weighted by molar-refractivity contribution is 5.95. The van der Waals surface area contributed by atoms with Crippen molar-refractivity contribution in [3.05, 3.63) is 107 Å². The molecule has 0 N–H and O–H groups in total. The predicted molar refractivity (Wildman–Crippen MR) is 117 cm³/mol. The number of nitrogens with zero attached hydrogens (tertiary/aromatic N) is 2. The minimum atomic E-state index is 0.121. The molecule has 29 heavy (non-hydrogen) atoms. The first-order valence-electron chi connectivity index (χ1n) is 10.2. The molecule has 0 atom stereocenters. The quantitative estimate of drug-likeness (QED) is 0.480. The first-order chi connectivity index (χ1) is 14.2. The van der Waals surface area contributed by atoms with E-state index < -0.39 is 0 Å². The van der Waals surface area contributed by atoms with Gasteiger partial charge in [0.25, 0.3) is 5.91 Å². The Morgan fingerprint density at radius 2 is 1.62 bits per heavy atom. The minimum absolute atomic E-state index is 0.121. The van der Waals surface area contributed by atoms with Gasteiger partial charge in [0.15, 0.2) is 0 Å². The Hall–Kier alpha value is -3.33. The van der Waals surface area contributed by atoms with Gasteiger partial charge in [-0.2, -0.15) is 0 Å². The van der Waals surface area contributed by atoms with Crippen LogP contribution < -0.4 is 0 Å². The van der Waals surface area contributed by atoms with Gasteiger partial charge < -0.3 is 9.47 Å². The summed E-state index contributed by atoms with van der Waals surface area (Å²) in [5.41, 5.74) is 7.16. The average molecular weight is 380 g/mol. The summed E-state index contributed by atoms with van der Waals surface area (Å²) in [5, 5.41) is 1.26. The number of hydrogen-bond acceptors (Lipinski definition) is 1. The maximum atomic E-state index is 13.1. The van der Waals surface area contributed by atoms with Crippen molar-refractivity contribution in [3.8, 4) is 0 Å². The summed E-state index contributed by atoms with van der Waals surface area (Å²) in [6.07, 6.45) is 0.883. The molecular weight excluding hydrogens is 356 g/mol. The van der Waals surface area contributed by atoms with E-state index in [0.29, 0.717) is 6.54 Å². The maximum Gasteiger partial charge on any atom is 0.254 e. The third-order valence-electron chi connectivity index (χ3n) is 5.93. The number of fused-ring (bicyclic) bond motifs is 3. The fourth-order valence-corrected chi connectivity index (χ4v) is 4.40. The molecule has 1 aromatic heterocycles. The van der Waals surface area contributed by atoms with Gasteiger partial charge in [0.05, 0.1) is 0 Å². The van der Waals surface area contributed by atoms with Crippen molar-refractivity contribution in [2.24, 2.45) is 0 Å². The monoisotopic (exact) mass is 380 g/mol. The summed E-state index contributed by atoms with van der Waals surface area (Å²) in [5.74, 6) is 0.121. The van der Waals surface area contributed by atoms with E-state index >= 15 is 0 Å². The number of hydrogen-bond donors (Lipinski definition) is 0. The molecule has 4 aromatic rings. The van der Waals surface area contributed by atoms with Crippen LogP contribution in [0.5, 0.6) is 0 Å². The van der Waals surface area contributed by atoms with Gasteiger partial charge in [-0.05, 0) is 30.7 Å². The molecule has 0 saturated carbocycles. The zero-order valence-corrected chi connectivity index (χ0v) is 16.6. The number of para-hydroxylation sites is 1. The second kappa shape index (κ2) is 7.25. The summed E-state index contributed by atoms with van der Waals surface area (Å²) in [6.45, 7) is 4.33. The van der Waals surface area contributed by atoms with E-state index in [1.807, 2.05) is 36.1 Å². The number of aromatic nitrogens is 1. The summed E-state index contributed by atoms with van der Waals surface area (Å²) in [6, 6.07) is 27.1. The van der Waals surface area contributed by atoms with Crippen molar-refractivity contribution in [1.82, 2.24) is 9.47 Å². The predicted octanol–water partition coefficient (Wildman–Crippen LogP) is 5.20. The molecule has 2 heterocycles. The fourth-order valence-electron chi connectivity index (χ4n) is 4.40. The van der Waals surface area contributed by atoms with E-state index in [0.717, 1.165) is 25.1 Å². The molecule has 0 spiro atoms. The molecule has 0 aliphatic carbocycles. The molecule has 0 unspecified atom stereocenters. The molecule has 144 valence electrons. The van der Waals surface area contributed by atoms with Crippen LogP contribution >= 0.6 is 0 Å². The average Bonchev–Trinajstić information content (AvgIpc) is 3.08. The normalized spacial score (nSPS) is 13.5. The molecule has 0 saturated heterocycles. The molecule has 3 nitrogen and oxygen atoms in total. The molecule has 3 aromatic carbocycles. The molecule has 0 fully saturated rings. The Bertz CT molecular complexity index is 1170. The van der Waals surface area contributed by atoms with Crippen molar-refractivity contribution < 1.29 is 4.79 Å². The van der Waals surface area contributed by atoms with Crippen LogP contribution in [0.3, 0.4) is 0 Å². The summed E-state index contributed by atoms with van der Waals surface area (Å²) < 4.78 is 2.44. The summed E-state index contributed by atoms with van der Waals surface area (Å²) in [4.78, 5) is 15.1. The molecule has 1 amide bonds. The lowest BCUT2D eigenvalue weighted by atomic mass is 10.0. The van der Waals surface area contributed by atoms with Crippen LogP contribution in [0.2, 0.25) is 0 Å². The van der Waals surface area contributed by atoms with Crippen molar-refractivity contribution in [2.75, 3.05) is 6.54 Å². The lowest BCUT2D eigenvalue weighted by molar-refractivity contribution is 0.0734. The Labute approximate surface area is 171 Å². The minimum Gasteiger partial charge on any atom is -0.340 e. The smallest absolute Gasteiger partial charge is 0.254 e. The maximum absolute atomic E-state index is 13.1. The van der Waals surface area contributed by atoms with E-state index in [-0.39, 0.29) is 5.91 Å². The second-order valence-corrected chi connectivity index (χ2v) is 7.86. The van der Waals surface area contributed by atoms with Crippen LogP contribution in [0.1, 0.15) is 32.7 Å². The number of benzene rings is 3.